The van der Waals surface area contributed by atoms with Crippen LogP contribution in [0.25, 0.3) is 0 Å². The number of rotatable bonds is 8. The van der Waals surface area contributed by atoms with Gasteiger partial charge in [-0.2, -0.15) is 0 Å². The summed E-state index contributed by atoms with van der Waals surface area (Å²) in [5.74, 6) is 1.20. The van der Waals surface area contributed by atoms with E-state index in [1.54, 1.807) is 14.2 Å². The lowest BCUT2D eigenvalue weighted by Crippen LogP contribution is -2.28. The van der Waals surface area contributed by atoms with Gasteiger partial charge in [0.05, 0.1) is 19.2 Å². The minimum absolute atomic E-state index is 0. The fourth-order valence-corrected chi connectivity index (χ4v) is 2.82. The first-order valence-corrected chi connectivity index (χ1v) is 7.93. The van der Waals surface area contributed by atoms with Crippen LogP contribution < -0.4 is 15.2 Å². The molecule has 0 bridgehead atoms. The molecule has 0 aliphatic carbocycles. The molecule has 6 heteroatoms. The van der Waals surface area contributed by atoms with Crippen LogP contribution >= 0.6 is 24.0 Å². The fraction of sp³-hybridized carbons (Fsp3) is 0.333. The van der Waals surface area contributed by atoms with Crippen LogP contribution in [0.15, 0.2) is 42.5 Å². The quantitative estimate of drug-likeness (QED) is 0.768. The lowest BCUT2D eigenvalue weighted by atomic mass is 10.1. The first-order chi connectivity index (χ1) is 11.2. The average Bonchev–Trinajstić information content (AvgIpc) is 2.57. The third kappa shape index (κ3) is 5.28. The molecule has 0 aliphatic rings. The van der Waals surface area contributed by atoms with Crippen LogP contribution in [-0.2, 0) is 13.1 Å². The molecule has 24 heavy (non-hydrogen) atoms. The van der Waals surface area contributed by atoms with Crippen molar-refractivity contribution in [3.63, 3.8) is 0 Å². The number of hydrogen-bond donors (Lipinski definition) is 1. The monoisotopic (exact) mass is 370 g/mol. The van der Waals surface area contributed by atoms with Crippen molar-refractivity contribution in [1.29, 1.82) is 0 Å². The first kappa shape index (κ1) is 20.6. The van der Waals surface area contributed by atoms with Gasteiger partial charge in [-0.3, -0.25) is 4.90 Å². The van der Waals surface area contributed by atoms with E-state index in [1.165, 1.54) is 5.56 Å². The largest absolute Gasteiger partial charge is 0.493 e. The van der Waals surface area contributed by atoms with Crippen molar-refractivity contribution in [3.8, 4) is 11.5 Å². The molecule has 0 heterocycles. The maximum Gasteiger partial charge on any atom is 0.179 e. The zero-order valence-electron chi connectivity index (χ0n) is 14.0. The van der Waals surface area contributed by atoms with Crippen molar-refractivity contribution in [1.82, 2.24) is 4.90 Å². The summed E-state index contributed by atoms with van der Waals surface area (Å²) < 4.78 is 10.6. The summed E-state index contributed by atoms with van der Waals surface area (Å²) in [6.07, 6.45) is 0. The Labute approximate surface area is 154 Å². The molecule has 0 fully saturated rings. The molecule has 0 unspecified atom stereocenters. The third-order valence-corrected chi connectivity index (χ3v) is 4.07. The summed E-state index contributed by atoms with van der Waals surface area (Å²) in [7, 11) is 3.19. The van der Waals surface area contributed by atoms with Gasteiger partial charge in [0.15, 0.2) is 11.5 Å². The summed E-state index contributed by atoms with van der Waals surface area (Å²) in [5.41, 5.74) is 8.00. The molecule has 0 radical (unpaired) electrons. The molecule has 0 aromatic heterocycles. The van der Waals surface area contributed by atoms with Crippen molar-refractivity contribution in [2.75, 3.05) is 27.3 Å². The third-order valence-electron chi connectivity index (χ3n) is 3.65. The van der Waals surface area contributed by atoms with E-state index in [2.05, 4.69) is 17.0 Å². The summed E-state index contributed by atoms with van der Waals surface area (Å²) >= 11 is 6.48. The molecule has 132 valence electrons. The van der Waals surface area contributed by atoms with E-state index in [1.807, 2.05) is 30.3 Å². The van der Waals surface area contributed by atoms with Gasteiger partial charge < -0.3 is 15.2 Å². The van der Waals surface area contributed by atoms with Gasteiger partial charge in [0.2, 0.25) is 0 Å². The Balaban J connectivity index is 0.00000288. The van der Waals surface area contributed by atoms with E-state index in [-0.39, 0.29) is 12.4 Å². The van der Waals surface area contributed by atoms with Crippen molar-refractivity contribution in [3.05, 3.63) is 58.6 Å². The minimum Gasteiger partial charge on any atom is -0.493 e. The molecule has 0 saturated carbocycles. The van der Waals surface area contributed by atoms with Gasteiger partial charge in [0, 0.05) is 26.2 Å². The molecule has 0 amide bonds. The Morgan fingerprint density at radius 1 is 1.00 bits per heavy atom. The number of hydrogen-bond acceptors (Lipinski definition) is 4. The standard InChI is InChI=1S/C18H23ClN2O2.ClH/c1-22-16-9-8-15(17(19)18(16)23-2)13-21(11-10-20)12-14-6-4-3-5-7-14;/h3-9H,10-13,20H2,1-2H3;1H. The highest BCUT2D eigenvalue weighted by Gasteiger charge is 2.15. The van der Waals surface area contributed by atoms with Crippen molar-refractivity contribution in [2.45, 2.75) is 13.1 Å². The van der Waals surface area contributed by atoms with Crippen LogP contribution in [0.4, 0.5) is 0 Å². The van der Waals surface area contributed by atoms with Gasteiger partial charge in [-0.15, -0.1) is 12.4 Å². The smallest absolute Gasteiger partial charge is 0.179 e. The molecule has 2 rings (SSSR count). The Morgan fingerprint density at radius 3 is 2.29 bits per heavy atom. The Morgan fingerprint density at radius 2 is 1.71 bits per heavy atom. The second kappa shape index (κ2) is 10.4. The fourth-order valence-electron chi connectivity index (χ4n) is 2.53. The molecule has 0 atom stereocenters. The van der Waals surface area contributed by atoms with E-state index in [9.17, 15) is 0 Å². The molecule has 0 spiro atoms. The van der Waals surface area contributed by atoms with E-state index < -0.39 is 0 Å². The van der Waals surface area contributed by atoms with Gasteiger partial charge in [-0.05, 0) is 17.2 Å². The zero-order valence-corrected chi connectivity index (χ0v) is 15.6. The van der Waals surface area contributed by atoms with Crippen LogP contribution in [0, 0.1) is 0 Å². The Bertz CT molecular complexity index is 624. The van der Waals surface area contributed by atoms with Gasteiger partial charge in [0.25, 0.3) is 0 Å². The van der Waals surface area contributed by atoms with E-state index in [0.717, 1.165) is 18.7 Å². The highest BCUT2D eigenvalue weighted by molar-refractivity contribution is 6.33. The highest BCUT2D eigenvalue weighted by atomic mass is 35.5. The number of benzene rings is 2. The number of halogens is 2. The zero-order chi connectivity index (χ0) is 16.7. The summed E-state index contributed by atoms with van der Waals surface area (Å²) in [6, 6.07) is 14.2. The predicted octanol–water partition coefficient (Wildman–Crippen LogP) is 3.74. The number of nitrogens with two attached hydrogens (primary N) is 1. The highest BCUT2D eigenvalue weighted by Crippen LogP contribution is 2.37. The summed E-state index contributed by atoms with van der Waals surface area (Å²) in [5, 5.41) is 0.585. The number of nitrogens with zero attached hydrogens (tertiary/aromatic N) is 1. The number of methoxy groups -OCH3 is 2. The molecule has 2 N–H and O–H groups in total. The lowest BCUT2D eigenvalue weighted by Gasteiger charge is -2.23. The van der Waals surface area contributed by atoms with Gasteiger partial charge in [-0.1, -0.05) is 48.0 Å². The van der Waals surface area contributed by atoms with Crippen LogP contribution in [-0.4, -0.2) is 32.2 Å². The lowest BCUT2D eigenvalue weighted by molar-refractivity contribution is 0.263. The molecular weight excluding hydrogens is 347 g/mol. The van der Waals surface area contributed by atoms with Crippen molar-refractivity contribution >= 4 is 24.0 Å². The van der Waals surface area contributed by atoms with Crippen LogP contribution in [0.5, 0.6) is 11.5 Å². The second-order valence-corrected chi connectivity index (χ2v) is 5.64. The van der Waals surface area contributed by atoms with Crippen LogP contribution in [0.1, 0.15) is 11.1 Å². The van der Waals surface area contributed by atoms with E-state index in [4.69, 9.17) is 26.8 Å². The molecule has 0 saturated heterocycles. The SMILES string of the molecule is COc1ccc(CN(CCN)Cc2ccccc2)c(Cl)c1OC.Cl. The summed E-state index contributed by atoms with van der Waals surface area (Å²) in [4.78, 5) is 2.27. The summed E-state index contributed by atoms with van der Waals surface area (Å²) in [6.45, 7) is 2.91. The molecule has 2 aromatic rings. The first-order valence-electron chi connectivity index (χ1n) is 7.55. The second-order valence-electron chi connectivity index (χ2n) is 5.26. The van der Waals surface area contributed by atoms with Gasteiger partial charge in [0.1, 0.15) is 0 Å². The van der Waals surface area contributed by atoms with Gasteiger partial charge in [-0.25, -0.2) is 0 Å². The average molecular weight is 371 g/mol. The normalized spacial score (nSPS) is 10.4. The maximum absolute atomic E-state index is 6.48. The van der Waals surface area contributed by atoms with Crippen LogP contribution in [0.3, 0.4) is 0 Å². The topological polar surface area (TPSA) is 47.7 Å². The maximum atomic E-state index is 6.48. The van der Waals surface area contributed by atoms with Crippen LogP contribution in [0.2, 0.25) is 5.02 Å². The van der Waals surface area contributed by atoms with Gasteiger partial charge >= 0.3 is 0 Å². The molecule has 0 aliphatic heterocycles. The van der Waals surface area contributed by atoms with E-state index in [0.29, 0.717) is 29.6 Å². The number of ether oxygens (including phenoxy) is 2. The Kier molecular flexibility index (Phi) is 8.93. The molecular formula is C18H24Cl2N2O2. The minimum atomic E-state index is 0. The molecule has 2 aromatic carbocycles. The molecule has 4 nitrogen and oxygen atoms in total. The van der Waals surface area contributed by atoms with Crippen molar-refractivity contribution in [2.24, 2.45) is 5.73 Å². The van der Waals surface area contributed by atoms with E-state index >= 15 is 0 Å². The predicted molar refractivity (Wildman–Crippen MR) is 101 cm³/mol. The Hall–Kier alpha value is -1.46. The van der Waals surface area contributed by atoms with Crippen molar-refractivity contribution < 1.29 is 9.47 Å².